The van der Waals surface area contributed by atoms with Crippen molar-refractivity contribution >= 4 is 31.6 Å². The van der Waals surface area contributed by atoms with Crippen molar-refractivity contribution in [2.24, 2.45) is 5.73 Å². The molecule has 0 spiro atoms. The smallest absolute Gasteiger partial charge is 0.263 e. The number of hydrogen-bond acceptors (Lipinski definition) is 4. The molecular weight excluding hydrogens is 356 g/mol. The molecule has 0 saturated heterocycles. The maximum Gasteiger partial charge on any atom is 0.263 e. The Balaban J connectivity index is 2.16. The third-order valence-electron chi connectivity index (χ3n) is 2.62. The monoisotopic (exact) mass is 370 g/mol. The van der Waals surface area contributed by atoms with Gasteiger partial charge in [-0.15, -0.1) is 0 Å². The molecule has 0 atom stereocenters. The third kappa shape index (κ3) is 4.20. The Labute approximate surface area is 132 Å². The van der Waals surface area contributed by atoms with Crippen LogP contribution in [0.1, 0.15) is 0 Å². The number of rotatable bonds is 6. The summed E-state index contributed by atoms with van der Waals surface area (Å²) in [6.45, 7) is 0.846. The van der Waals surface area contributed by atoms with E-state index in [2.05, 4.69) is 20.7 Å². The summed E-state index contributed by atoms with van der Waals surface area (Å²) in [5.41, 5.74) is 5.81. The Morgan fingerprint density at radius 3 is 2.38 bits per heavy atom. The van der Waals surface area contributed by atoms with Gasteiger partial charge in [0.2, 0.25) is 0 Å². The van der Waals surface area contributed by atoms with Crippen LogP contribution < -0.4 is 15.2 Å². The first-order valence-electron chi connectivity index (χ1n) is 6.23. The predicted octanol–water partition coefficient (Wildman–Crippen LogP) is 2.59. The van der Waals surface area contributed by atoms with E-state index in [0.717, 1.165) is 0 Å². The largest absolute Gasteiger partial charge is 0.492 e. The van der Waals surface area contributed by atoms with Crippen LogP contribution in [0.25, 0.3) is 0 Å². The fraction of sp³-hybridized carbons (Fsp3) is 0.143. The summed E-state index contributed by atoms with van der Waals surface area (Å²) in [6, 6.07) is 13.3. The number of hydrogen-bond donors (Lipinski definition) is 2. The summed E-state index contributed by atoms with van der Waals surface area (Å²) in [5.74, 6) is 0.643. The Kier molecular flexibility index (Phi) is 5.22. The molecule has 0 aliphatic rings. The van der Waals surface area contributed by atoms with E-state index in [4.69, 9.17) is 10.5 Å². The minimum absolute atomic E-state index is 0.188. The molecule has 21 heavy (non-hydrogen) atoms. The number of anilines is 1. The molecule has 0 fully saturated rings. The van der Waals surface area contributed by atoms with Gasteiger partial charge in [0.15, 0.2) is 0 Å². The van der Waals surface area contributed by atoms with E-state index in [1.54, 1.807) is 42.5 Å². The zero-order chi connectivity index (χ0) is 15.3. The molecule has 112 valence electrons. The molecule has 0 aromatic heterocycles. The summed E-state index contributed by atoms with van der Waals surface area (Å²) in [7, 11) is -3.63. The molecule has 2 aromatic carbocycles. The van der Waals surface area contributed by atoms with E-state index in [9.17, 15) is 8.42 Å². The van der Waals surface area contributed by atoms with Gasteiger partial charge in [0.05, 0.1) is 0 Å². The van der Waals surface area contributed by atoms with Gasteiger partial charge in [-0.3, -0.25) is 4.72 Å². The van der Waals surface area contributed by atoms with Crippen molar-refractivity contribution in [1.82, 2.24) is 0 Å². The highest BCUT2D eigenvalue weighted by molar-refractivity contribution is 9.10. The van der Waals surface area contributed by atoms with Gasteiger partial charge in [0.1, 0.15) is 17.3 Å². The molecule has 2 rings (SSSR count). The van der Waals surface area contributed by atoms with Gasteiger partial charge in [0, 0.05) is 16.7 Å². The number of benzene rings is 2. The standard InChI is InChI=1S/C14H15BrN2O3S/c15-13-3-1-2-4-14(13)21(18,19)17-11-5-7-12(8-6-11)20-10-9-16/h1-8,17H,9-10,16H2. The molecule has 0 saturated carbocycles. The van der Waals surface area contributed by atoms with Crippen molar-refractivity contribution in [3.63, 3.8) is 0 Å². The van der Waals surface area contributed by atoms with Gasteiger partial charge in [-0.1, -0.05) is 12.1 Å². The number of nitrogens with one attached hydrogen (secondary N) is 1. The van der Waals surface area contributed by atoms with Crippen molar-refractivity contribution in [1.29, 1.82) is 0 Å². The molecule has 0 amide bonds. The molecule has 2 aromatic rings. The van der Waals surface area contributed by atoms with E-state index >= 15 is 0 Å². The summed E-state index contributed by atoms with van der Waals surface area (Å²) in [4.78, 5) is 0.188. The molecule has 0 bridgehead atoms. The van der Waals surface area contributed by atoms with Crippen LogP contribution in [0.3, 0.4) is 0 Å². The lowest BCUT2D eigenvalue weighted by Gasteiger charge is -2.10. The topological polar surface area (TPSA) is 81.4 Å². The predicted molar refractivity (Wildman–Crippen MR) is 85.9 cm³/mol. The highest BCUT2D eigenvalue weighted by Gasteiger charge is 2.16. The second kappa shape index (κ2) is 6.93. The maximum absolute atomic E-state index is 12.3. The van der Waals surface area contributed by atoms with Gasteiger partial charge in [-0.05, 0) is 52.3 Å². The highest BCUT2D eigenvalue weighted by atomic mass is 79.9. The molecular formula is C14H15BrN2O3S. The first-order valence-corrected chi connectivity index (χ1v) is 8.51. The van der Waals surface area contributed by atoms with Crippen LogP contribution in [0.5, 0.6) is 5.75 Å². The zero-order valence-electron chi connectivity index (χ0n) is 11.1. The molecule has 5 nitrogen and oxygen atoms in total. The molecule has 0 heterocycles. The Hall–Kier alpha value is -1.57. The summed E-state index contributed by atoms with van der Waals surface area (Å²) in [5, 5.41) is 0. The van der Waals surface area contributed by atoms with E-state index in [0.29, 0.717) is 29.1 Å². The van der Waals surface area contributed by atoms with Crippen LogP contribution in [-0.4, -0.2) is 21.6 Å². The van der Waals surface area contributed by atoms with Crippen molar-refractivity contribution in [3.05, 3.63) is 53.0 Å². The number of nitrogens with two attached hydrogens (primary N) is 1. The SMILES string of the molecule is NCCOc1ccc(NS(=O)(=O)c2ccccc2Br)cc1. The molecule has 0 aliphatic carbocycles. The Bertz CT molecular complexity index is 702. The van der Waals surface area contributed by atoms with E-state index in [1.165, 1.54) is 6.07 Å². The van der Waals surface area contributed by atoms with Gasteiger partial charge in [0.25, 0.3) is 10.0 Å². The molecule has 0 radical (unpaired) electrons. The van der Waals surface area contributed by atoms with Crippen LogP contribution in [0, 0.1) is 0 Å². The van der Waals surface area contributed by atoms with Gasteiger partial charge in [-0.25, -0.2) is 8.42 Å². The van der Waals surface area contributed by atoms with Crippen LogP contribution in [-0.2, 0) is 10.0 Å². The van der Waals surface area contributed by atoms with Gasteiger partial charge < -0.3 is 10.5 Å². The van der Waals surface area contributed by atoms with Crippen molar-refractivity contribution in [2.45, 2.75) is 4.90 Å². The number of ether oxygens (including phenoxy) is 1. The lowest BCUT2D eigenvalue weighted by Crippen LogP contribution is -2.13. The highest BCUT2D eigenvalue weighted by Crippen LogP contribution is 2.24. The normalized spacial score (nSPS) is 11.1. The first-order chi connectivity index (χ1) is 10.0. The van der Waals surface area contributed by atoms with Crippen LogP contribution in [0.15, 0.2) is 57.9 Å². The van der Waals surface area contributed by atoms with E-state index < -0.39 is 10.0 Å². The molecule has 7 heteroatoms. The van der Waals surface area contributed by atoms with E-state index in [-0.39, 0.29) is 4.90 Å². The number of halogens is 1. The molecule has 3 N–H and O–H groups in total. The van der Waals surface area contributed by atoms with Crippen LogP contribution in [0.2, 0.25) is 0 Å². The summed E-state index contributed by atoms with van der Waals surface area (Å²) < 4.78 is 33.0. The number of sulfonamides is 1. The second-order valence-corrected chi connectivity index (χ2v) is 6.70. The minimum Gasteiger partial charge on any atom is -0.492 e. The van der Waals surface area contributed by atoms with Crippen LogP contribution in [0.4, 0.5) is 5.69 Å². The lowest BCUT2D eigenvalue weighted by atomic mass is 10.3. The zero-order valence-corrected chi connectivity index (χ0v) is 13.5. The van der Waals surface area contributed by atoms with Gasteiger partial charge in [-0.2, -0.15) is 0 Å². The second-order valence-electron chi connectivity index (χ2n) is 4.20. The Morgan fingerprint density at radius 1 is 1.10 bits per heavy atom. The lowest BCUT2D eigenvalue weighted by molar-refractivity contribution is 0.328. The average molecular weight is 371 g/mol. The fourth-order valence-corrected chi connectivity index (χ4v) is 3.73. The van der Waals surface area contributed by atoms with Gasteiger partial charge >= 0.3 is 0 Å². The Morgan fingerprint density at radius 2 is 1.76 bits per heavy atom. The first kappa shape index (κ1) is 15.8. The van der Waals surface area contributed by atoms with Crippen molar-refractivity contribution in [3.8, 4) is 5.75 Å². The third-order valence-corrected chi connectivity index (χ3v) is 5.01. The van der Waals surface area contributed by atoms with Crippen molar-refractivity contribution in [2.75, 3.05) is 17.9 Å². The maximum atomic E-state index is 12.3. The average Bonchev–Trinajstić information content (AvgIpc) is 2.46. The molecule has 0 unspecified atom stereocenters. The minimum atomic E-state index is -3.63. The quantitative estimate of drug-likeness (QED) is 0.818. The summed E-state index contributed by atoms with van der Waals surface area (Å²) >= 11 is 3.23. The molecule has 0 aliphatic heterocycles. The van der Waals surface area contributed by atoms with E-state index in [1.807, 2.05) is 0 Å². The van der Waals surface area contributed by atoms with Crippen molar-refractivity contribution < 1.29 is 13.2 Å². The fourth-order valence-electron chi connectivity index (χ4n) is 1.67. The van der Waals surface area contributed by atoms with Crippen LogP contribution >= 0.6 is 15.9 Å². The summed E-state index contributed by atoms with van der Waals surface area (Å²) in [6.07, 6.45) is 0.